The van der Waals surface area contributed by atoms with E-state index in [0.29, 0.717) is 31.8 Å². The number of fused-ring (bicyclic) bond motifs is 2. The number of ketones is 1. The predicted molar refractivity (Wildman–Crippen MR) is 60.6 cm³/mol. The Bertz CT molecular complexity index is 338. The lowest BCUT2D eigenvalue weighted by atomic mass is 9.68. The Morgan fingerprint density at radius 3 is 2.69 bits per heavy atom. The van der Waals surface area contributed by atoms with Gasteiger partial charge in [0.2, 0.25) is 5.91 Å². The first-order valence-electron chi connectivity index (χ1n) is 5.98. The fraction of sp³-hybridized carbons (Fsp3) is 0.833. The number of rotatable bonds is 3. The van der Waals surface area contributed by atoms with Gasteiger partial charge in [0.05, 0.1) is 0 Å². The van der Waals surface area contributed by atoms with Crippen molar-refractivity contribution in [1.29, 1.82) is 0 Å². The maximum atomic E-state index is 12.2. The molecule has 2 unspecified atom stereocenters. The smallest absolute Gasteiger partial charge is 0.234 e. The Morgan fingerprint density at radius 1 is 1.56 bits per heavy atom. The average Bonchev–Trinajstić information content (AvgIpc) is 2.59. The second kappa shape index (κ2) is 3.55. The highest BCUT2D eigenvalue weighted by atomic mass is 16.2. The summed E-state index contributed by atoms with van der Waals surface area (Å²) < 4.78 is 0. The van der Waals surface area contributed by atoms with E-state index >= 15 is 0 Å². The molecule has 2 aliphatic rings. The van der Waals surface area contributed by atoms with Gasteiger partial charge in [-0.25, -0.2) is 0 Å². The molecule has 4 nitrogen and oxygen atoms in total. The van der Waals surface area contributed by atoms with Gasteiger partial charge in [-0.3, -0.25) is 9.59 Å². The van der Waals surface area contributed by atoms with Crippen LogP contribution in [-0.2, 0) is 9.59 Å². The van der Waals surface area contributed by atoms with E-state index in [1.807, 2.05) is 0 Å². The van der Waals surface area contributed by atoms with Crippen molar-refractivity contribution in [1.82, 2.24) is 5.32 Å². The highest BCUT2D eigenvalue weighted by molar-refractivity contribution is 6.09. The third-order valence-corrected chi connectivity index (χ3v) is 4.71. The molecule has 2 bridgehead atoms. The number of amides is 1. The molecule has 2 fully saturated rings. The highest BCUT2D eigenvalue weighted by Gasteiger charge is 2.67. The summed E-state index contributed by atoms with van der Waals surface area (Å²) in [6.45, 7) is 4.98. The fourth-order valence-corrected chi connectivity index (χ4v) is 3.55. The first-order valence-corrected chi connectivity index (χ1v) is 5.98. The lowest BCUT2D eigenvalue weighted by molar-refractivity contribution is -0.144. The van der Waals surface area contributed by atoms with Gasteiger partial charge >= 0.3 is 0 Å². The van der Waals surface area contributed by atoms with Crippen LogP contribution in [0, 0.1) is 16.7 Å². The molecule has 1 amide bonds. The van der Waals surface area contributed by atoms with Crippen LogP contribution in [0.4, 0.5) is 0 Å². The molecule has 90 valence electrons. The lowest BCUT2D eigenvalue weighted by Crippen LogP contribution is -2.50. The van der Waals surface area contributed by atoms with E-state index < -0.39 is 5.41 Å². The Hall–Kier alpha value is -0.900. The van der Waals surface area contributed by atoms with E-state index in [1.165, 1.54) is 0 Å². The number of carbonyl (C=O) groups is 2. The second-order valence-corrected chi connectivity index (χ2v) is 5.53. The van der Waals surface area contributed by atoms with Crippen LogP contribution in [0.3, 0.4) is 0 Å². The molecule has 4 heteroatoms. The molecule has 0 aromatic carbocycles. The first kappa shape index (κ1) is 11.6. The van der Waals surface area contributed by atoms with Crippen molar-refractivity contribution in [2.45, 2.75) is 33.1 Å². The average molecular weight is 224 g/mol. The van der Waals surface area contributed by atoms with Crippen molar-refractivity contribution >= 4 is 11.7 Å². The van der Waals surface area contributed by atoms with Crippen molar-refractivity contribution in [3.63, 3.8) is 0 Å². The summed E-state index contributed by atoms with van der Waals surface area (Å²) in [5.74, 6) is 0.403. The van der Waals surface area contributed by atoms with Gasteiger partial charge in [-0.05, 0) is 24.2 Å². The molecular formula is C12H20N2O2. The molecule has 0 heterocycles. The number of hydrogen-bond donors (Lipinski definition) is 2. The monoisotopic (exact) mass is 224 g/mol. The van der Waals surface area contributed by atoms with Crippen molar-refractivity contribution < 1.29 is 9.59 Å². The highest BCUT2D eigenvalue weighted by Crippen LogP contribution is 2.63. The summed E-state index contributed by atoms with van der Waals surface area (Å²) in [4.78, 5) is 24.3. The van der Waals surface area contributed by atoms with Gasteiger partial charge in [-0.15, -0.1) is 0 Å². The van der Waals surface area contributed by atoms with Gasteiger partial charge in [0.15, 0.2) is 0 Å². The molecule has 0 aromatic rings. The number of nitrogens with two attached hydrogens (primary N) is 1. The Morgan fingerprint density at radius 2 is 2.25 bits per heavy atom. The molecule has 0 aliphatic heterocycles. The van der Waals surface area contributed by atoms with E-state index in [9.17, 15) is 9.59 Å². The zero-order valence-electron chi connectivity index (χ0n) is 10.0. The molecule has 0 aromatic heterocycles. The number of Topliss-reactive ketones (excluding diaryl/α,β-unsaturated/α-hetero) is 1. The summed E-state index contributed by atoms with van der Waals surface area (Å²) in [6.07, 6.45) is 2.28. The minimum absolute atomic E-state index is 0.104. The fourth-order valence-electron chi connectivity index (χ4n) is 3.55. The SMILES string of the molecule is CC1(C)C2CCC1(C(=O)NCCN)C(=O)C2. The summed E-state index contributed by atoms with van der Waals surface area (Å²) in [7, 11) is 0. The molecule has 2 aliphatic carbocycles. The van der Waals surface area contributed by atoms with Gasteiger partial charge < -0.3 is 11.1 Å². The zero-order chi connectivity index (χ0) is 12.0. The number of nitrogens with one attached hydrogen (secondary N) is 1. The molecule has 0 saturated heterocycles. The molecule has 0 spiro atoms. The van der Waals surface area contributed by atoms with E-state index in [-0.39, 0.29) is 17.1 Å². The van der Waals surface area contributed by atoms with Gasteiger partial charge in [-0.2, -0.15) is 0 Å². The molecule has 0 radical (unpaired) electrons. The Kier molecular flexibility index (Phi) is 2.57. The summed E-state index contributed by atoms with van der Waals surface area (Å²) in [5, 5.41) is 2.79. The topological polar surface area (TPSA) is 72.2 Å². The second-order valence-electron chi connectivity index (χ2n) is 5.53. The van der Waals surface area contributed by atoms with E-state index in [4.69, 9.17) is 5.73 Å². The summed E-state index contributed by atoms with van der Waals surface area (Å²) in [6, 6.07) is 0. The Labute approximate surface area is 96.0 Å². The van der Waals surface area contributed by atoms with Crippen LogP contribution < -0.4 is 11.1 Å². The molecule has 16 heavy (non-hydrogen) atoms. The van der Waals surface area contributed by atoms with Crippen LogP contribution in [0.25, 0.3) is 0 Å². The largest absolute Gasteiger partial charge is 0.354 e. The van der Waals surface area contributed by atoms with Gasteiger partial charge in [0.1, 0.15) is 11.2 Å². The van der Waals surface area contributed by atoms with Crippen LogP contribution >= 0.6 is 0 Å². The molecule has 2 atom stereocenters. The van der Waals surface area contributed by atoms with Gasteiger partial charge in [-0.1, -0.05) is 13.8 Å². The maximum Gasteiger partial charge on any atom is 0.234 e. The number of carbonyl (C=O) groups excluding carboxylic acids is 2. The van der Waals surface area contributed by atoms with E-state index in [0.717, 1.165) is 6.42 Å². The Balaban J connectivity index is 2.28. The van der Waals surface area contributed by atoms with Crippen LogP contribution in [0.1, 0.15) is 33.1 Å². The molecule has 2 rings (SSSR count). The minimum Gasteiger partial charge on any atom is -0.354 e. The van der Waals surface area contributed by atoms with Crippen LogP contribution in [0.15, 0.2) is 0 Å². The molecular weight excluding hydrogens is 204 g/mol. The molecule has 2 saturated carbocycles. The maximum absolute atomic E-state index is 12.2. The number of hydrogen-bond acceptors (Lipinski definition) is 3. The predicted octanol–water partition coefficient (Wildman–Crippen LogP) is 0.457. The quantitative estimate of drug-likeness (QED) is 0.684. The first-order chi connectivity index (χ1) is 7.46. The van der Waals surface area contributed by atoms with E-state index in [2.05, 4.69) is 19.2 Å². The lowest BCUT2D eigenvalue weighted by Gasteiger charge is -2.34. The van der Waals surface area contributed by atoms with Gasteiger partial charge in [0.25, 0.3) is 0 Å². The van der Waals surface area contributed by atoms with Crippen LogP contribution in [0.2, 0.25) is 0 Å². The van der Waals surface area contributed by atoms with Crippen LogP contribution in [-0.4, -0.2) is 24.8 Å². The van der Waals surface area contributed by atoms with E-state index in [1.54, 1.807) is 0 Å². The van der Waals surface area contributed by atoms with Crippen LogP contribution in [0.5, 0.6) is 0 Å². The van der Waals surface area contributed by atoms with Gasteiger partial charge in [0, 0.05) is 19.5 Å². The summed E-state index contributed by atoms with van der Waals surface area (Å²) in [5.41, 5.74) is 4.41. The zero-order valence-corrected chi connectivity index (χ0v) is 10.0. The molecule has 3 N–H and O–H groups in total. The third kappa shape index (κ3) is 1.19. The van der Waals surface area contributed by atoms with Crippen molar-refractivity contribution in [3.05, 3.63) is 0 Å². The minimum atomic E-state index is -0.771. The van der Waals surface area contributed by atoms with Crippen molar-refractivity contribution in [2.75, 3.05) is 13.1 Å². The third-order valence-electron chi connectivity index (χ3n) is 4.71. The summed E-state index contributed by atoms with van der Waals surface area (Å²) >= 11 is 0. The standard InChI is InChI=1S/C12H20N2O2/c1-11(2)8-3-4-12(11,9(15)7-8)10(16)14-6-5-13/h8H,3-7,13H2,1-2H3,(H,14,16). The normalized spacial score (nSPS) is 35.4. The van der Waals surface area contributed by atoms with Crippen molar-refractivity contribution in [3.8, 4) is 0 Å². The van der Waals surface area contributed by atoms with Crippen molar-refractivity contribution in [2.24, 2.45) is 22.5 Å².